The Morgan fingerprint density at radius 3 is 2.08 bits per heavy atom. The van der Waals surface area contributed by atoms with Crippen molar-refractivity contribution in [1.29, 1.82) is 0 Å². The van der Waals surface area contributed by atoms with Crippen molar-refractivity contribution in [3.63, 3.8) is 0 Å². The molecule has 2 heterocycles. The lowest BCUT2D eigenvalue weighted by Gasteiger charge is -2.01. The van der Waals surface area contributed by atoms with Gasteiger partial charge in [0.15, 0.2) is 0 Å². The van der Waals surface area contributed by atoms with Crippen molar-refractivity contribution >= 4 is 0 Å². The molecule has 0 spiro atoms. The van der Waals surface area contributed by atoms with E-state index in [4.69, 9.17) is 0 Å². The van der Waals surface area contributed by atoms with Crippen LogP contribution >= 0.6 is 0 Å². The Balaban J connectivity index is 0.000000132. The third kappa shape index (κ3) is 4.08. The molecular weight excluding hydrogens is 162 g/mol. The Bertz CT molecular complexity index is 220. The van der Waals surface area contributed by atoms with Crippen molar-refractivity contribution < 1.29 is 0 Å². The van der Waals surface area contributed by atoms with Gasteiger partial charge in [-0.15, -0.1) is 0 Å². The fraction of sp³-hybridized carbons (Fsp3) is 0.700. The summed E-state index contributed by atoms with van der Waals surface area (Å²) in [6.45, 7) is 6.56. The molecule has 0 radical (unpaired) electrons. The van der Waals surface area contributed by atoms with E-state index in [1.54, 1.807) is 0 Å². The van der Waals surface area contributed by atoms with Crippen molar-refractivity contribution in [2.24, 2.45) is 0 Å². The summed E-state index contributed by atoms with van der Waals surface area (Å²) in [5.41, 5.74) is 1.12. The number of hydrogen-bond acceptors (Lipinski definition) is 2. The molecule has 1 fully saturated rings. The molecule has 3 nitrogen and oxygen atoms in total. The number of nitrogens with one attached hydrogen (secondary N) is 1. The van der Waals surface area contributed by atoms with Gasteiger partial charge in [-0.2, -0.15) is 0 Å². The van der Waals surface area contributed by atoms with Gasteiger partial charge in [-0.3, -0.25) is 0 Å². The second-order valence-electron chi connectivity index (χ2n) is 3.66. The third-order valence-corrected chi connectivity index (χ3v) is 2.16. The zero-order chi connectivity index (χ0) is 9.68. The van der Waals surface area contributed by atoms with Crippen molar-refractivity contribution in [1.82, 2.24) is 14.9 Å². The molecular formula is C10H19N3. The van der Waals surface area contributed by atoms with Gasteiger partial charge >= 0.3 is 0 Å². The fourth-order valence-electron chi connectivity index (χ4n) is 1.42. The Kier molecular flexibility index (Phi) is 3.96. The molecule has 0 saturated carbocycles. The van der Waals surface area contributed by atoms with E-state index in [1.165, 1.54) is 25.9 Å². The second kappa shape index (κ2) is 5.02. The highest BCUT2D eigenvalue weighted by Gasteiger charge is 2.03. The molecule has 3 heteroatoms. The average Bonchev–Trinajstić information content (AvgIpc) is 2.64. The number of likely N-dealkylation sites (tertiary alicyclic amines) is 1. The van der Waals surface area contributed by atoms with E-state index in [2.05, 4.69) is 21.9 Å². The Morgan fingerprint density at radius 1 is 1.31 bits per heavy atom. The summed E-state index contributed by atoms with van der Waals surface area (Å²) < 4.78 is 0. The molecule has 74 valence electrons. The average molecular weight is 181 g/mol. The molecule has 2 rings (SSSR count). The Morgan fingerprint density at radius 2 is 1.92 bits per heavy atom. The third-order valence-electron chi connectivity index (χ3n) is 2.16. The number of nitrogens with zero attached hydrogens (tertiary/aromatic N) is 2. The quantitative estimate of drug-likeness (QED) is 0.661. The van der Waals surface area contributed by atoms with Crippen molar-refractivity contribution in [2.75, 3.05) is 20.1 Å². The van der Waals surface area contributed by atoms with Crippen LogP contribution in [-0.4, -0.2) is 35.0 Å². The normalized spacial score (nSPS) is 16.8. The topological polar surface area (TPSA) is 31.9 Å². The van der Waals surface area contributed by atoms with Gasteiger partial charge in [0.1, 0.15) is 5.82 Å². The smallest absolute Gasteiger partial charge is 0.103 e. The predicted octanol–water partition coefficient (Wildman–Crippen LogP) is 1.74. The first-order valence-corrected chi connectivity index (χ1v) is 4.85. The summed E-state index contributed by atoms with van der Waals surface area (Å²) in [4.78, 5) is 9.35. The second-order valence-corrected chi connectivity index (χ2v) is 3.66. The van der Waals surface area contributed by atoms with Gasteiger partial charge in [0.2, 0.25) is 0 Å². The fourth-order valence-corrected chi connectivity index (χ4v) is 1.42. The number of imidazole rings is 1. The molecule has 0 aromatic carbocycles. The van der Waals surface area contributed by atoms with Crippen LogP contribution in [-0.2, 0) is 0 Å². The van der Waals surface area contributed by atoms with Gasteiger partial charge in [0, 0.05) is 11.9 Å². The summed E-state index contributed by atoms with van der Waals surface area (Å²) in [6, 6.07) is 0. The molecule has 1 saturated heterocycles. The lowest BCUT2D eigenvalue weighted by Crippen LogP contribution is -2.10. The zero-order valence-corrected chi connectivity index (χ0v) is 8.80. The highest BCUT2D eigenvalue weighted by atomic mass is 15.1. The largest absolute Gasteiger partial charge is 0.346 e. The van der Waals surface area contributed by atoms with E-state index >= 15 is 0 Å². The first kappa shape index (κ1) is 10.3. The molecule has 1 aliphatic rings. The van der Waals surface area contributed by atoms with Crippen LogP contribution in [0.5, 0.6) is 0 Å². The summed E-state index contributed by atoms with van der Waals surface area (Å²) in [5, 5.41) is 0. The molecule has 0 amide bonds. The molecule has 1 aromatic rings. The van der Waals surface area contributed by atoms with Gasteiger partial charge in [-0.05, 0) is 46.8 Å². The summed E-state index contributed by atoms with van der Waals surface area (Å²) in [5.74, 6) is 0.984. The van der Waals surface area contributed by atoms with Crippen LogP contribution in [0.25, 0.3) is 0 Å². The minimum atomic E-state index is 0.984. The van der Waals surface area contributed by atoms with Gasteiger partial charge in [-0.25, -0.2) is 4.98 Å². The maximum atomic E-state index is 3.96. The van der Waals surface area contributed by atoms with Gasteiger partial charge < -0.3 is 9.88 Å². The zero-order valence-electron chi connectivity index (χ0n) is 8.80. The van der Waals surface area contributed by atoms with Crippen LogP contribution in [0.3, 0.4) is 0 Å². The predicted molar refractivity (Wildman–Crippen MR) is 54.8 cm³/mol. The summed E-state index contributed by atoms with van der Waals surface area (Å²) in [6.07, 6.45) is 4.64. The van der Waals surface area contributed by atoms with Gasteiger partial charge in [0.25, 0.3) is 0 Å². The minimum absolute atomic E-state index is 0.984. The number of H-pyrrole nitrogens is 1. The van der Waals surface area contributed by atoms with E-state index < -0.39 is 0 Å². The van der Waals surface area contributed by atoms with Gasteiger partial charge in [0.05, 0.1) is 0 Å². The van der Waals surface area contributed by atoms with Crippen LogP contribution in [0.15, 0.2) is 6.20 Å². The Hall–Kier alpha value is -0.830. The van der Waals surface area contributed by atoms with Crippen molar-refractivity contribution in [3.8, 4) is 0 Å². The lowest BCUT2D eigenvalue weighted by molar-refractivity contribution is 0.418. The van der Waals surface area contributed by atoms with Crippen LogP contribution in [0.1, 0.15) is 24.4 Å². The van der Waals surface area contributed by atoms with E-state index in [0.717, 1.165) is 11.5 Å². The molecule has 1 N–H and O–H groups in total. The highest BCUT2D eigenvalue weighted by molar-refractivity contribution is 4.95. The van der Waals surface area contributed by atoms with Crippen molar-refractivity contribution in [2.45, 2.75) is 26.7 Å². The molecule has 0 atom stereocenters. The number of aromatic nitrogens is 2. The number of hydrogen-bond donors (Lipinski definition) is 1. The van der Waals surface area contributed by atoms with Crippen LogP contribution in [0.4, 0.5) is 0 Å². The highest BCUT2D eigenvalue weighted by Crippen LogP contribution is 2.02. The number of rotatable bonds is 0. The molecule has 0 bridgehead atoms. The molecule has 1 aromatic heterocycles. The van der Waals surface area contributed by atoms with E-state index in [-0.39, 0.29) is 0 Å². The molecule has 0 aliphatic carbocycles. The Labute approximate surface area is 80.2 Å². The standard InChI is InChI=1S/C5H8N2.C5H11N/c1-4-3-6-5(2)7-4;1-6-4-2-3-5-6/h3H,1-2H3,(H,6,7);2-5H2,1H3. The first-order chi connectivity index (χ1) is 6.18. The SMILES string of the molecule is CN1CCCC1.Cc1cnc(C)[nH]1. The summed E-state index contributed by atoms with van der Waals surface area (Å²) >= 11 is 0. The monoisotopic (exact) mass is 181 g/mol. The van der Waals surface area contributed by atoms with E-state index in [0.29, 0.717) is 0 Å². The maximum absolute atomic E-state index is 3.96. The van der Waals surface area contributed by atoms with Crippen LogP contribution in [0, 0.1) is 13.8 Å². The molecule has 0 unspecified atom stereocenters. The number of aromatic amines is 1. The van der Waals surface area contributed by atoms with Crippen molar-refractivity contribution in [3.05, 3.63) is 17.7 Å². The van der Waals surface area contributed by atoms with Crippen LogP contribution < -0.4 is 0 Å². The lowest BCUT2D eigenvalue weighted by atomic mass is 10.4. The van der Waals surface area contributed by atoms with E-state index in [1.807, 2.05) is 20.0 Å². The van der Waals surface area contributed by atoms with E-state index in [9.17, 15) is 0 Å². The summed E-state index contributed by atoms with van der Waals surface area (Å²) in [7, 11) is 2.17. The van der Waals surface area contributed by atoms with Gasteiger partial charge in [-0.1, -0.05) is 0 Å². The first-order valence-electron chi connectivity index (χ1n) is 4.85. The van der Waals surface area contributed by atoms with Crippen LogP contribution in [0.2, 0.25) is 0 Å². The maximum Gasteiger partial charge on any atom is 0.103 e. The minimum Gasteiger partial charge on any atom is -0.346 e. The number of aryl methyl sites for hydroxylation is 2. The molecule has 13 heavy (non-hydrogen) atoms. The molecule has 1 aliphatic heterocycles.